The number of aryl methyl sites for hydroxylation is 1. The number of anilines is 1. The quantitative estimate of drug-likeness (QED) is 0.743. The lowest BCUT2D eigenvalue weighted by atomic mass is 9.87. The Kier molecular flexibility index (Phi) is 2.54. The van der Waals surface area contributed by atoms with Gasteiger partial charge in [0, 0.05) is 36.5 Å². The number of nitrogens with zero attached hydrogens (tertiary/aromatic N) is 3. The van der Waals surface area contributed by atoms with Gasteiger partial charge in [-0.25, -0.2) is 0 Å². The average Bonchev–Trinajstić information content (AvgIpc) is 2.87. The summed E-state index contributed by atoms with van der Waals surface area (Å²) in [7, 11) is 1.84. The van der Waals surface area contributed by atoms with Crippen LogP contribution in [0, 0.1) is 0 Å². The van der Waals surface area contributed by atoms with E-state index in [9.17, 15) is 4.79 Å². The number of nitrogens with one attached hydrogen (secondary N) is 1. The Hall–Kier alpha value is -2.69. The topological polar surface area (TPSA) is 59.8 Å². The molecular weight excluding hydrogens is 264 g/mol. The van der Waals surface area contributed by atoms with E-state index in [4.69, 9.17) is 0 Å². The van der Waals surface area contributed by atoms with E-state index in [1.807, 2.05) is 31.4 Å². The molecule has 0 saturated heterocycles. The highest BCUT2D eigenvalue weighted by Crippen LogP contribution is 2.37. The largest absolute Gasteiger partial charge is 0.311 e. The Morgan fingerprint density at radius 1 is 1.33 bits per heavy atom. The zero-order chi connectivity index (χ0) is 14.4. The molecule has 1 unspecified atom stereocenters. The van der Waals surface area contributed by atoms with Crippen LogP contribution < -0.4 is 5.32 Å². The monoisotopic (exact) mass is 278 g/mol. The van der Waals surface area contributed by atoms with Crippen molar-refractivity contribution in [2.75, 3.05) is 5.32 Å². The first-order valence-corrected chi connectivity index (χ1v) is 6.89. The van der Waals surface area contributed by atoms with Gasteiger partial charge in [0.2, 0.25) is 5.91 Å². The van der Waals surface area contributed by atoms with Crippen LogP contribution in [0.25, 0.3) is 10.9 Å². The molecular formula is C16H14N4O. The third-order valence-electron chi connectivity index (χ3n) is 4.02. The van der Waals surface area contributed by atoms with Gasteiger partial charge in [0.05, 0.1) is 11.7 Å². The molecule has 1 aliphatic heterocycles. The summed E-state index contributed by atoms with van der Waals surface area (Å²) < 4.78 is 1.71. The first kappa shape index (κ1) is 12.1. The van der Waals surface area contributed by atoms with E-state index >= 15 is 0 Å². The van der Waals surface area contributed by atoms with E-state index in [0.29, 0.717) is 6.42 Å². The van der Waals surface area contributed by atoms with Crippen LogP contribution >= 0.6 is 0 Å². The molecule has 5 heteroatoms. The van der Waals surface area contributed by atoms with Crippen LogP contribution in [0.1, 0.15) is 23.5 Å². The Bertz CT molecular complexity index is 852. The summed E-state index contributed by atoms with van der Waals surface area (Å²) >= 11 is 0. The van der Waals surface area contributed by atoms with Gasteiger partial charge >= 0.3 is 0 Å². The summed E-state index contributed by atoms with van der Waals surface area (Å²) in [5.74, 6) is 0.872. The lowest BCUT2D eigenvalue weighted by Crippen LogP contribution is -2.24. The van der Waals surface area contributed by atoms with E-state index in [1.54, 1.807) is 10.9 Å². The molecule has 0 aliphatic carbocycles. The minimum absolute atomic E-state index is 0.0300. The number of fused-ring (bicyclic) bond motifs is 2. The number of hydrogen-bond acceptors (Lipinski definition) is 3. The maximum absolute atomic E-state index is 12.0. The molecule has 1 amide bonds. The fraction of sp³-hybridized carbons (Fsp3) is 0.188. The van der Waals surface area contributed by atoms with Crippen molar-refractivity contribution in [3.8, 4) is 0 Å². The molecule has 1 aromatic carbocycles. The highest BCUT2D eigenvalue weighted by Gasteiger charge is 2.29. The number of aromatic nitrogens is 3. The number of pyridine rings is 1. The van der Waals surface area contributed by atoms with Crippen LogP contribution in [-0.2, 0) is 11.8 Å². The number of carbonyl (C=O) groups is 1. The van der Waals surface area contributed by atoms with Crippen LogP contribution in [0.15, 0.2) is 42.7 Å². The van der Waals surface area contributed by atoms with Crippen molar-refractivity contribution in [2.45, 2.75) is 12.3 Å². The first-order valence-electron chi connectivity index (χ1n) is 6.89. The Balaban J connectivity index is 1.86. The predicted octanol–water partition coefficient (Wildman–Crippen LogP) is 2.44. The third-order valence-corrected chi connectivity index (χ3v) is 4.02. The molecule has 0 radical (unpaired) electrons. The molecule has 1 aliphatic rings. The Morgan fingerprint density at radius 3 is 3.14 bits per heavy atom. The molecule has 3 aromatic rings. The van der Waals surface area contributed by atoms with Crippen molar-refractivity contribution >= 4 is 22.6 Å². The summed E-state index contributed by atoms with van der Waals surface area (Å²) in [6, 6.07) is 10.1. The van der Waals surface area contributed by atoms with E-state index in [0.717, 1.165) is 27.8 Å². The molecule has 104 valence electrons. The molecule has 3 heterocycles. The SMILES string of the molecule is Cn1ncc2c1NC(=O)CC2c1ccc2ncccc2c1. The van der Waals surface area contributed by atoms with Gasteiger partial charge in [-0.15, -0.1) is 0 Å². The summed E-state index contributed by atoms with van der Waals surface area (Å²) in [5, 5.41) is 8.24. The van der Waals surface area contributed by atoms with E-state index in [2.05, 4.69) is 27.5 Å². The van der Waals surface area contributed by atoms with Crippen LogP contribution in [0.4, 0.5) is 5.82 Å². The number of benzene rings is 1. The van der Waals surface area contributed by atoms with Crippen LogP contribution in [0.5, 0.6) is 0 Å². The van der Waals surface area contributed by atoms with Crippen LogP contribution in [-0.4, -0.2) is 20.7 Å². The van der Waals surface area contributed by atoms with Gasteiger partial charge in [0.25, 0.3) is 0 Å². The molecule has 0 spiro atoms. The molecule has 0 fully saturated rings. The molecule has 1 N–H and O–H groups in total. The van der Waals surface area contributed by atoms with Crippen molar-refractivity contribution < 1.29 is 4.79 Å². The predicted molar refractivity (Wildman–Crippen MR) is 80.0 cm³/mol. The minimum atomic E-state index is 0.0300. The number of rotatable bonds is 1. The molecule has 0 bridgehead atoms. The van der Waals surface area contributed by atoms with Crippen molar-refractivity contribution in [1.82, 2.24) is 14.8 Å². The van der Waals surface area contributed by atoms with Gasteiger partial charge in [-0.2, -0.15) is 5.10 Å². The summed E-state index contributed by atoms with van der Waals surface area (Å²) in [6.07, 6.45) is 4.08. The maximum Gasteiger partial charge on any atom is 0.226 e. The molecule has 1 atom stereocenters. The van der Waals surface area contributed by atoms with Gasteiger partial charge in [0.1, 0.15) is 5.82 Å². The normalized spacial score (nSPS) is 17.6. The molecule has 4 rings (SSSR count). The van der Waals surface area contributed by atoms with E-state index < -0.39 is 0 Å². The van der Waals surface area contributed by atoms with Gasteiger partial charge in [-0.1, -0.05) is 12.1 Å². The van der Waals surface area contributed by atoms with E-state index in [-0.39, 0.29) is 11.8 Å². The fourth-order valence-electron chi connectivity index (χ4n) is 2.95. The van der Waals surface area contributed by atoms with Gasteiger partial charge in [-0.05, 0) is 23.8 Å². The van der Waals surface area contributed by atoms with Gasteiger partial charge < -0.3 is 5.32 Å². The smallest absolute Gasteiger partial charge is 0.226 e. The summed E-state index contributed by atoms with van der Waals surface area (Å²) in [4.78, 5) is 16.3. The lowest BCUT2D eigenvalue weighted by molar-refractivity contribution is -0.116. The highest BCUT2D eigenvalue weighted by atomic mass is 16.1. The van der Waals surface area contributed by atoms with Crippen molar-refractivity contribution in [1.29, 1.82) is 0 Å². The maximum atomic E-state index is 12.0. The second-order valence-corrected chi connectivity index (χ2v) is 5.33. The first-order chi connectivity index (χ1) is 10.2. The number of hydrogen-bond donors (Lipinski definition) is 1. The second kappa shape index (κ2) is 4.41. The van der Waals surface area contributed by atoms with Gasteiger partial charge in [0.15, 0.2) is 0 Å². The van der Waals surface area contributed by atoms with Crippen LogP contribution in [0.3, 0.4) is 0 Å². The molecule has 0 saturated carbocycles. The summed E-state index contributed by atoms with van der Waals surface area (Å²) in [5.41, 5.74) is 3.16. The van der Waals surface area contributed by atoms with Crippen molar-refractivity contribution in [3.63, 3.8) is 0 Å². The second-order valence-electron chi connectivity index (χ2n) is 5.33. The van der Waals surface area contributed by atoms with Crippen molar-refractivity contribution in [2.24, 2.45) is 7.05 Å². The molecule has 21 heavy (non-hydrogen) atoms. The van der Waals surface area contributed by atoms with Gasteiger partial charge in [-0.3, -0.25) is 14.5 Å². The zero-order valence-corrected chi connectivity index (χ0v) is 11.6. The zero-order valence-electron chi connectivity index (χ0n) is 11.6. The van der Waals surface area contributed by atoms with Crippen molar-refractivity contribution in [3.05, 3.63) is 53.9 Å². The molecule has 5 nitrogen and oxygen atoms in total. The average molecular weight is 278 g/mol. The highest BCUT2D eigenvalue weighted by molar-refractivity contribution is 5.94. The summed E-state index contributed by atoms with van der Waals surface area (Å²) in [6.45, 7) is 0. The Labute approximate surface area is 121 Å². The van der Waals surface area contributed by atoms with Crippen LogP contribution in [0.2, 0.25) is 0 Å². The Morgan fingerprint density at radius 2 is 2.24 bits per heavy atom. The standard InChI is InChI=1S/C16H14N4O/c1-20-16-13(9-18-20)12(8-15(21)19-16)10-4-5-14-11(7-10)3-2-6-17-14/h2-7,9,12H,8H2,1H3,(H,19,21). The fourth-order valence-corrected chi connectivity index (χ4v) is 2.95. The minimum Gasteiger partial charge on any atom is -0.311 e. The molecule has 2 aromatic heterocycles. The third kappa shape index (κ3) is 1.89. The van der Waals surface area contributed by atoms with E-state index in [1.165, 1.54) is 0 Å². The number of amides is 1. The lowest BCUT2D eigenvalue weighted by Gasteiger charge is -2.23. The number of carbonyl (C=O) groups excluding carboxylic acids is 1.